The number of hydrogen-bond acceptors (Lipinski definition) is 6. The maximum atomic E-state index is 11.9. The summed E-state index contributed by atoms with van der Waals surface area (Å²) in [5.41, 5.74) is 0. The van der Waals surface area contributed by atoms with Crippen LogP contribution in [0, 0.1) is 0 Å². The molecule has 0 aliphatic carbocycles. The van der Waals surface area contributed by atoms with Crippen molar-refractivity contribution in [3.63, 3.8) is 0 Å². The minimum absolute atomic E-state index is 0.00310. The number of rotatable bonds is 6. The number of anilines is 1. The Bertz CT molecular complexity index is 438. The number of aryl methyl sites for hydroxylation is 1. The summed E-state index contributed by atoms with van der Waals surface area (Å²) >= 11 is 1.44. The first-order chi connectivity index (χ1) is 9.71. The largest absolute Gasteiger partial charge is 0.380 e. The highest BCUT2D eigenvalue weighted by atomic mass is 32.1. The first-order valence-electron chi connectivity index (χ1n) is 7.08. The smallest absolute Gasteiger partial charge is 0.227 e. The van der Waals surface area contributed by atoms with Gasteiger partial charge in [-0.05, 0) is 25.8 Å². The summed E-state index contributed by atoms with van der Waals surface area (Å²) < 4.78 is 5.38. The minimum Gasteiger partial charge on any atom is -0.380 e. The molecular formula is C13H22N4O2S. The lowest BCUT2D eigenvalue weighted by Gasteiger charge is -2.31. The highest BCUT2D eigenvalue weighted by Gasteiger charge is 2.19. The molecule has 1 fully saturated rings. The molecule has 0 radical (unpaired) electrons. The van der Waals surface area contributed by atoms with Crippen molar-refractivity contribution in [2.75, 3.05) is 32.1 Å². The van der Waals surface area contributed by atoms with Crippen LogP contribution in [0.5, 0.6) is 0 Å². The number of nitrogens with zero attached hydrogens (tertiary/aromatic N) is 3. The van der Waals surface area contributed by atoms with E-state index in [4.69, 9.17) is 4.74 Å². The third kappa shape index (κ3) is 4.50. The van der Waals surface area contributed by atoms with E-state index >= 15 is 0 Å². The van der Waals surface area contributed by atoms with Crippen molar-refractivity contribution in [3.05, 3.63) is 5.01 Å². The summed E-state index contributed by atoms with van der Waals surface area (Å²) in [6.07, 6.45) is 3.89. The topological polar surface area (TPSA) is 67.4 Å². The highest BCUT2D eigenvalue weighted by molar-refractivity contribution is 7.15. The molecule has 0 saturated carbocycles. The number of hydrogen-bond donors (Lipinski definition) is 1. The number of carbonyl (C=O) groups excluding carboxylic acids is 1. The molecule has 1 aliphatic rings. The zero-order valence-electron chi connectivity index (χ0n) is 12.1. The zero-order valence-corrected chi connectivity index (χ0v) is 12.9. The monoisotopic (exact) mass is 298 g/mol. The fourth-order valence-electron chi connectivity index (χ4n) is 2.30. The summed E-state index contributed by atoms with van der Waals surface area (Å²) in [6, 6.07) is 0. The van der Waals surface area contributed by atoms with E-state index in [1.807, 2.05) is 6.92 Å². The number of carbonyl (C=O) groups is 1. The molecule has 1 N–H and O–H groups in total. The molecule has 112 valence electrons. The van der Waals surface area contributed by atoms with Crippen molar-refractivity contribution < 1.29 is 9.53 Å². The summed E-state index contributed by atoms with van der Waals surface area (Å²) in [4.78, 5) is 14.2. The Hall–Kier alpha value is -1.05. The van der Waals surface area contributed by atoms with Crippen LogP contribution >= 0.6 is 11.3 Å². The van der Waals surface area contributed by atoms with Crippen molar-refractivity contribution in [2.24, 2.45) is 0 Å². The van der Waals surface area contributed by atoms with E-state index in [1.165, 1.54) is 11.3 Å². The fourth-order valence-corrected chi connectivity index (χ4v) is 2.99. The third-order valence-corrected chi connectivity index (χ3v) is 4.45. The number of likely N-dealkylation sites (tertiary alicyclic amines) is 1. The van der Waals surface area contributed by atoms with Crippen LogP contribution in [0.4, 0.5) is 5.13 Å². The van der Waals surface area contributed by atoms with Gasteiger partial charge in [0, 0.05) is 26.6 Å². The van der Waals surface area contributed by atoms with Crippen LogP contribution in [-0.4, -0.2) is 53.9 Å². The Labute approximate surface area is 123 Å². The van der Waals surface area contributed by atoms with Crippen molar-refractivity contribution in [3.8, 4) is 0 Å². The first kappa shape index (κ1) is 15.3. The zero-order chi connectivity index (χ0) is 14.4. The van der Waals surface area contributed by atoms with Crippen LogP contribution in [0.15, 0.2) is 0 Å². The Balaban J connectivity index is 1.72. The van der Waals surface area contributed by atoms with Gasteiger partial charge in [-0.3, -0.25) is 4.79 Å². The molecule has 2 rings (SSSR count). The summed E-state index contributed by atoms with van der Waals surface area (Å²) in [6.45, 7) is 4.76. The lowest BCUT2D eigenvalue weighted by atomic mass is 10.1. The fraction of sp³-hybridized carbons (Fsp3) is 0.769. The van der Waals surface area contributed by atoms with Crippen LogP contribution in [0.2, 0.25) is 0 Å². The molecule has 0 aromatic carbocycles. The maximum absolute atomic E-state index is 11.9. The molecule has 6 nitrogen and oxygen atoms in total. The molecule has 1 aromatic rings. The van der Waals surface area contributed by atoms with Crippen molar-refractivity contribution in [1.29, 1.82) is 0 Å². The average Bonchev–Trinajstić information content (AvgIpc) is 2.93. The lowest BCUT2D eigenvalue weighted by molar-refractivity contribution is -0.116. The molecule has 0 bridgehead atoms. The van der Waals surface area contributed by atoms with Gasteiger partial charge in [0.2, 0.25) is 11.0 Å². The Kier molecular flexibility index (Phi) is 5.87. The molecule has 1 amide bonds. The molecule has 1 aromatic heterocycles. The molecule has 2 heterocycles. The number of amides is 1. The van der Waals surface area contributed by atoms with Crippen LogP contribution < -0.4 is 5.32 Å². The van der Waals surface area contributed by atoms with Gasteiger partial charge in [-0.25, -0.2) is 0 Å². The van der Waals surface area contributed by atoms with Crippen LogP contribution in [0.1, 0.15) is 31.2 Å². The predicted octanol–water partition coefficient (Wildman–Crippen LogP) is 1.54. The van der Waals surface area contributed by atoms with Gasteiger partial charge in [-0.1, -0.05) is 18.3 Å². The summed E-state index contributed by atoms with van der Waals surface area (Å²) in [7, 11) is 1.75. The molecule has 1 aliphatic heterocycles. The third-order valence-electron chi connectivity index (χ3n) is 3.47. The van der Waals surface area contributed by atoms with Gasteiger partial charge in [0.1, 0.15) is 5.01 Å². The Morgan fingerprint density at radius 3 is 3.10 bits per heavy atom. The number of methoxy groups -OCH3 is 1. The van der Waals surface area contributed by atoms with E-state index in [-0.39, 0.29) is 5.91 Å². The summed E-state index contributed by atoms with van der Waals surface area (Å²) in [5, 5.41) is 12.3. The van der Waals surface area contributed by atoms with Crippen molar-refractivity contribution >= 4 is 22.4 Å². The molecule has 1 saturated heterocycles. The first-order valence-corrected chi connectivity index (χ1v) is 7.90. The van der Waals surface area contributed by atoms with Gasteiger partial charge in [0.05, 0.1) is 6.10 Å². The van der Waals surface area contributed by atoms with E-state index in [9.17, 15) is 4.79 Å². The predicted molar refractivity (Wildman–Crippen MR) is 79.0 cm³/mol. The quantitative estimate of drug-likeness (QED) is 0.863. The summed E-state index contributed by atoms with van der Waals surface area (Å²) in [5.74, 6) is 0.00310. The second-order valence-corrected chi connectivity index (χ2v) is 6.02. The SMILES string of the molecule is CCc1nnc(NC(=O)CCN2CCCC(OC)C2)s1. The molecular weight excluding hydrogens is 276 g/mol. The second-order valence-electron chi connectivity index (χ2n) is 4.95. The van der Waals surface area contributed by atoms with Crippen molar-refractivity contribution in [1.82, 2.24) is 15.1 Å². The highest BCUT2D eigenvalue weighted by Crippen LogP contribution is 2.16. The van der Waals surface area contributed by atoms with E-state index in [0.29, 0.717) is 17.7 Å². The van der Waals surface area contributed by atoms with E-state index in [0.717, 1.165) is 43.9 Å². The van der Waals surface area contributed by atoms with Gasteiger partial charge in [-0.2, -0.15) is 0 Å². The van der Waals surface area contributed by atoms with Crippen LogP contribution in [0.3, 0.4) is 0 Å². The van der Waals surface area contributed by atoms with Crippen LogP contribution in [0.25, 0.3) is 0 Å². The maximum Gasteiger partial charge on any atom is 0.227 e. The Morgan fingerprint density at radius 2 is 2.40 bits per heavy atom. The van der Waals surface area contributed by atoms with Crippen molar-refractivity contribution in [2.45, 2.75) is 38.7 Å². The van der Waals surface area contributed by atoms with Gasteiger partial charge >= 0.3 is 0 Å². The van der Waals surface area contributed by atoms with E-state index in [1.54, 1.807) is 7.11 Å². The number of aromatic nitrogens is 2. The molecule has 0 spiro atoms. The number of nitrogens with one attached hydrogen (secondary N) is 1. The second kappa shape index (κ2) is 7.66. The number of piperidine rings is 1. The van der Waals surface area contributed by atoms with E-state index < -0.39 is 0 Å². The number of ether oxygens (including phenoxy) is 1. The van der Waals surface area contributed by atoms with Crippen LogP contribution in [-0.2, 0) is 16.0 Å². The van der Waals surface area contributed by atoms with Gasteiger partial charge in [0.25, 0.3) is 0 Å². The molecule has 20 heavy (non-hydrogen) atoms. The van der Waals surface area contributed by atoms with Gasteiger partial charge in [-0.15, -0.1) is 10.2 Å². The lowest BCUT2D eigenvalue weighted by Crippen LogP contribution is -2.40. The molecule has 1 atom stereocenters. The standard InChI is InChI=1S/C13H22N4O2S/c1-3-12-15-16-13(20-12)14-11(18)6-8-17-7-4-5-10(9-17)19-2/h10H,3-9H2,1-2H3,(H,14,16,18). The molecule has 7 heteroatoms. The van der Waals surface area contributed by atoms with E-state index in [2.05, 4.69) is 20.4 Å². The van der Waals surface area contributed by atoms with Gasteiger partial charge in [0.15, 0.2) is 0 Å². The average molecular weight is 298 g/mol. The minimum atomic E-state index is 0.00310. The normalized spacial score (nSPS) is 20.0. The Morgan fingerprint density at radius 1 is 1.55 bits per heavy atom. The van der Waals surface area contributed by atoms with Gasteiger partial charge < -0.3 is 15.0 Å². The molecule has 1 unspecified atom stereocenters.